The fraction of sp³-hybridized carbons (Fsp3) is 0.500. The van der Waals surface area contributed by atoms with Gasteiger partial charge in [0.2, 0.25) is 0 Å². The van der Waals surface area contributed by atoms with Gasteiger partial charge in [-0.15, -0.1) is 0 Å². The van der Waals surface area contributed by atoms with Gasteiger partial charge in [0.15, 0.2) is 6.54 Å². The van der Waals surface area contributed by atoms with E-state index in [1.54, 1.807) is 13.0 Å². The zero-order valence-corrected chi connectivity index (χ0v) is 12.4. The number of hydrogen-bond acceptors (Lipinski definition) is 2. The Morgan fingerprint density at radius 2 is 2.29 bits per heavy atom. The lowest BCUT2D eigenvalue weighted by molar-refractivity contribution is -0.885. The Labute approximate surface area is 124 Å². The second-order valence-electron chi connectivity index (χ2n) is 6.08. The minimum atomic E-state index is -0.754. The molecule has 2 N–H and O–H groups in total. The number of nitrogens with one attached hydrogen (secondary N) is 2. The number of likely N-dealkylation sites (N-methyl/N-ethyl adjacent to an activating group) is 1. The molecule has 4 nitrogen and oxygen atoms in total. The number of nitrogens with zero attached hydrogens (tertiary/aromatic N) is 1. The average molecular weight is 290 g/mol. The number of rotatable bonds is 6. The van der Waals surface area contributed by atoms with E-state index in [2.05, 4.69) is 11.4 Å². The molecular formula is C16H21FN3O+. The lowest BCUT2D eigenvalue weighted by Gasteiger charge is -2.23. The van der Waals surface area contributed by atoms with Gasteiger partial charge in [-0.1, -0.05) is 12.1 Å². The summed E-state index contributed by atoms with van der Waals surface area (Å²) in [5.41, 5.74) is 0.0986. The van der Waals surface area contributed by atoms with Crippen molar-refractivity contribution in [3.8, 4) is 6.07 Å². The molecule has 1 aliphatic carbocycles. The maximum Gasteiger partial charge on any atom is 0.276 e. The molecule has 0 heterocycles. The highest BCUT2D eigenvalue weighted by molar-refractivity contribution is 5.78. The van der Waals surface area contributed by atoms with Crippen molar-refractivity contribution in [2.75, 3.05) is 13.6 Å². The molecular weight excluding hydrogens is 269 g/mol. The van der Waals surface area contributed by atoms with Crippen LogP contribution in [0.15, 0.2) is 24.3 Å². The Morgan fingerprint density at radius 3 is 2.86 bits per heavy atom. The third-order valence-corrected chi connectivity index (χ3v) is 3.88. The van der Waals surface area contributed by atoms with Crippen molar-refractivity contribution in [2.24, 2.45) is 5.92 Å². The van der Waals surface area contributed by atoms with Crippen LogP contribution in [-0.4, -0.2) is 25.0 Å². The third kappa shape index (κ3) is 4.27. The molecule has 0 aromatic heterocycles. The molecule has 112 valence electrons. The Kier molecular flexibility index (Phi) is 4.59. The molecule has 1 amide bonds. The van der Waals surface area contributed by atoms with Crippen molar-refractivity contribution in [1.29, 1.82) is 5.26 Å². The van der Waals surface area contributed by atoms with Gasteiger partial charge in [-0.25, -0.2) is 4.39 Å². The first kappa shape index (κ1) is 15.5. The molecule has 0 bridgehead atoms. The number of nitriles is 1. The lowest BCUT2D eigenvalue weighted by Crippen LogP contribution is -3.09. The molecule has 2 rings (SSSR count). The zero-order chi connectivity index (χ0) is 15.5. The van der Waals surface area contributed by atoms with Gasteiger partial charge in [0, 0.05) is 5.56 Å². The van der Waals surface area contributed by atoms with Crippen LogP contribution < -0.4 is 10.2 Å². The van der Waals surface area contributed by atoms with Gasteiger partial charge in [0.25, 0.3) is 5.91 Å². The monoisotopic (exact) mass is 290 g/mol. The Morgan fingerprint density at radius 1 is 1.57 bits per heavy atom. The summed E-state index contributed by atoms with van der Waals surface area (Å²) in [5.74, 6) is -0.134. The van der Waals surface area contributed by atoms with E-state index >= 15 is 0 Å². The number of carbonyl (C=O) groups is 1. The van der Waals surface area contributed by atoms with E-state index in [0.717, 1.165) is 23.3 Å². The third-order valence-electron chi connectivity index (χ3n) is 3.88. The van der Waals surface area contributed by atoms with Crippen LogP contribution in [0, 0.1) is 23.1 Å². The van der Waals surface area contributed by atoms with E-state index in [9.17, 15) is 14.4 Å². The minimum Gasteiger partial charge on any atom is -0.333 e. The Balaban J connectivity index is 1.86. The number of halogens is 1. The number of quaternary nitrogens is 1. The molecule has 1 fully saturated rings. The van der Waals surface area contributed by atoms with Gasteiger partial charge < -0.3 is 10.2 Å². The zero-order valence-electron chi connectivity index (χ0n) is 12.4. The van der Waals surface area contributed by atoms with Crippen molar-refractivity contribution < 1.29 is 14.1 Å². The maximum absolute atomic E-state index is 13.1. The quantitative estimate of drug-likeness (QED) is 0.808. The lowest BCUT2D eigenvalue weighted by atomic mass is 9.98. The first-order valence-corrected chi connectivity index (χ1v) is 7.21. The van der Waals surface area contributed by atoms with Crippen molar-refractivity contribution in [1.82, 2.24) is 5.32 Å². The second kappa shape index (κ2) is 6.23. The molecule has 0 spiro atoms. The highest BCUT2D eigenvalue weighted by atomic mass is 19.1. The smallest absolute Gasteiger partial charge is 0.276 e. The van der Waals surface area contributed by atoms with Crippen LogP contribution in [0.1, 0.15) is 25.3 Å². The molecule has 0 radical (unpaired) electrons. The molecule has 1 saturated carbocycles. The summed E-state index contributed by atoms with van der Waals surface area (Å²) in [7, 11) is 1.88. The molecule has 0 aliphatic heterocycles. The minimum absolute atomic E-state index is 0.139. The summed E-state index contributed by atoms with van der Waals surface area (Å²) in [4.78, 5) is 13.0. The molecule has 1 aliphatic rings. The first-order valence-electron chi connectivity index (χ1n) is 7.21. The fourth-order valence-electron chi connectivity index (χ4n) is 2.55. The Hall–Kier alpha value is -1.93. The highest BCUT2D eigenvalue weighted by Gasteiger charge is 2.43. The van der Waals surface area contributed by atoms with Crippen LogP contribution in [0.2, 0.25) is 0 Å². The molecule has 1 aromatic rings. The van der Waals surface area contributed by atoms with Gasteiger partial charge in [0.1, 0.15) is 17.9 Å². The van der Waals surface area contributed by atoms with Gasteiger partial charge in [-0.2, -0.15) is 5.26 Å². The van der Waals surface area contributed by atoms with Gasteiger partial charge >= 0.3 is 0 Å². The summed E-state index contributed by atoms with van der Waals surface area (Å²) >= 11 is 0. The van der Waals surface area contributed by atoms with Crippen LogP contribution in [0.25, 0.3) is 0 Å². The van der Waals surface area contributed by atoms with E-state index in [1.165, 1.54) is 12.1 Å². The summed E-state index contributed by atoms with van der Waals surface area (Å²) in [6.07, 6.45) is 1.99. The van der Waals surface area contributed by atoms with E-state index in [-0.39, 0.29) is 24.2 Å². The number of benzene rings is 1. The molecule has 2 atom stereocenters. The van der Waals surface area contributed by atoms with E-state index in [4.69, 9.17) is 0 Å². The second-order valence-corrected chi connectivity index (χ2v) is 6.08. The van der Waals surface area contributed by atoms with Crippen LogP contribution in [-0.2, 0) is 11.3 Å². The highest BCUT2D eigenvalue weighted by Crippen LogP contribution is 2.39. The Bertz CT molecular complexity index is 565. The van der Waals surface area contributed by atoms with Crippen LogP contribution in [0.5, 0.6) is 0 Å². The van der Waals surface area contributed by atoms with Crippen molar-refractivity contribution >= 4 is 5.91 Å². The SMILES string of the molecule is C[NH+](CC(=O)N[C@](C)(C#N)C1CC1)Cc1cccc(F)c1. The average Bonchev–Trinajstić information content (AvgIpc) is 3.22. The van der Waals surface area contributed by atoms with Crippen molar-refractivity contribution in [3.05, 3.63) is 35.6 Å². The van der Waals surface area contributed by atoms with Crippen molar-refractivity contribution in [3.63, 3.8) is 0 Å². The number of amides is 1. The standard InChI is InChI=1S/C16H20FN3O/c1-16(11-18,13-6-7-13)19-15(21)10-20(2)9-12-4-3-5-14(17)8-12/h3-5,8,13H,6-7,9-10H2,1-2H3,(H,19,21)/p+1/t16-/m1/s1. The van der Waals surface area contributed by atoms with E-state index in [0.29, 0.717) is 6.54 Å². The van der Waals surface area contributed by atoms with Gasteiger partial charge in [-0.05, 0) is 37.8 Å². The largest absolute Gasteiger partial charge is 0.333 e. The molecule has 0 saturated heterocycles. The number of carbonyl (C=O) groups excluding carboxylic acids is 1. The van der Waals surface area contributed by atoms with Crippen LogP contribution >= 0.6 is 0 Å². The van der Waals surface area contributed by atoms with Crippen LogP contribution in [0.4, 0.5) is 4.39 Å². The molecule has 21 heavy (non-hydrogen) atoms. The van der Waals surface area contributed by atoms with E-state index in [1.807, 2.05) is 13.1 Å². The first-order chi connectivity index (χ1) is 9.93. The normalized spacial score (nSPS) is 18.4. The molecule has 1 aromatic carbocycles. The summed E-state index contributed by atoms with van der Waals surface area (Å²) in [6, 6.07) is 8.60. The van der Waals surface area contributed by atoms with Gasteiger partial charge in [0.05, 0.1) is 13.1 Å². The molecule has 1 unspecified atom stereocenters. The van der Waals surface area contributed by atoms with Crippen molar-refractivity contribution in [2.45, 2.75) is 31.8 Å². The van der Waals surface area contributed by atoms with Crippen LogP contribution in [0.3, 0.4) is 0 Å². The number of hydrogen-bond donors (Lipinski definition) is 2. The van der Waals surface area contributed by atoms with E-state index < -0.39 is 5.54 Å². The predicted molar refractivity (Wildman–Crippen MR) is 76.7 cm³/mol. The summed E-state index contributed by atoms with van der Waals surface area (Å²) < 4.78 is 13.1. The topological polar surface area (TPSA) is 57.3 Å². The summed E-state index contributed by atoms with van der Waals surface area (Å²) in [5, 5.41) is 12.1. The maximum atomic E-state index is 13.1. The fourth-order valence-corrected chi connectivity index (χ4v) is 2.55. The molecule has 5 heteroatoms. The summed E-state index contributed by atoms with van der Waals surface area (Å²) in [6.45, 7) is 2.61. The predicted octanol–water partition coefficient (Wildman–Crippen LogP) is 0.649. The van der Waals surface area contributed by atoms with Gasteiger partial charge in [-0.3, -0.25) is 4.79 Å².